The van der Waals surface area contributed by atoms with E-state index < -0.39 is 19.9 Å². The van der Waals surface area contributed by atoms with Gasteiger partial charge in [-0.15, -0.1) is 0 Å². The molecule has 7 nitrogen and oxygen atoms in total. The van der Waals surface area contributed by atoms with E-state index in [1.807, 2.05) is 12.1 Å². The van der Waals surface area contributed by atoms with Crippen molar-refractivity contribution in [2.75, 3.05) is 22.4 Å². The zero-order chi connectivity index (χ0) is 19.7. The second-order valence-corrected chi connectivity index (χ2v) is 11.8. The van der Waals surface area contributed by atoms with Crippen LogP contribution in [-0.2, 0) is 24.7 Å². The van der Waals surface area contributed by atoms with Crippen LogP contribution in [0.2, 0.25) is 0 Å². The molecule has 5 rings (SSSR count). The van der Waals surface area contributed by atoms with Gasteiger partial charge in [0.15, 0.2) is 9.84 Å². The van der Waals surface area contributed by atoms with Crippen molar-refractivity contribution in [1.29, 1.82) is 0 Å². The summed E-state index contributed by atoms with van der Waals surface area (Å²) in [4.78, 5) is 15.0. The van der Waals surface area contributed by atoms with Gasteiger partial charge >= 0.3 is 0 Å². The van der Waals surface area contributed by atoms with Gasteiger partial charge in [0.05, 0.1) is 22.1 Å². The number of sulfone groups is 1. The van der Waals surface area contributed by atoms with Gasteiger partial charge in [-0.3, -0.25) is 9.10 Å². The lowest BCUT2D eigenvalue weighted by Gasteiger charge is -2.30. The predicted octanol–water partition coefficient (Wildman–Crippen LogP) is 1.53. The van der Waals surface area contributed by atoms with Crippen LogP contribution in [0.3, 0.4) is 0 Å². The summed E-state index contributed by atoms with van der Waals surface area (Å²) in [6, 6.07) is 10.1. The van der Waals surface area contributed by atoms with Gasteiger partial charge in [-0.25, -0.2) is 16.8 Å². The molecule has 148 valence electrons. The van der Waals surface area contributed by atoms with Crippen molar-refractivity contribution in [3.8, 4) is 0 Å². The number of amides is 1. The fourth-order valence-electron chi connectivity index (χ4n) is 4.39. The number of hydrogen-bond donors (Lipinski definition) is 0. The quantitative estimate of drug-likeness (QED) is 0.748. The van der Waals surface area contributed by atoms with E-state index in [1.165, 1.54) is 4.31 Å². The van der Waals surface area contributed by atoms with E-state index in [-0.39, 0.29) is 40.9 Å². The number of benzene rings is 2. The lowest BCUT2D eigenvalue weighted by atomic mass is 10.1. The molecule has 2 fully saturated rings. The van der Waals surface area contributed by atoms with Crippen LogP contribution in [-0.4, -0.2) is 57.8 Å². The standard InChI is InChI=1S/C19H20N2O5S2/c22-18(21(14-7-8-14)15-9-10-27(23,24)12-15)11-20-16-5-1-3-13-4-2-6-17(19(13)16)28(20,25)26/h1-6,14-15H,7-12H2. The Kier molecular flexibility index (Phi) is 3.80. The third kappa shape index (κ3) is 2.71. The Balaban J connectivity index is 1.49. The van der Waals surface area contributed by atoms with E-state index in [0.717, 1.165) is 18.2 Å². The maximum absolute atomic E-state index is 13.2. The molecule has 1 amide bonds. The maximum Gasteiger partial charge on any atom is 0.265 e. The van der Waals surface area contributed by atoms with E-state index in [4.69, 9.17) is 0 Å². The highest BCUT2D eigenvalue weighted by Crippen LogP contribution is 2.42. The molecule has 0 radical (unpaired) electrons. The van der Waals surface area contributed by atoms with Gasteiger partial charge in [0.25, 0.3) is 10.0 Å². The van der Waals surface area contributed by atoms with Crippen LogP contribution in [0.25, 0.3) is 10.8 Å². The Bertz CT molecular complexity index is 1200. The topological polar surface area (TPSA) is 91.8 Å². The van der Waals surface area contributed by atoms with Crippen molar-refractivity contribution in [2.45, 2.75) is 36.2 Å². The zero-order valence-corrected chi connectivity index (χ0v) is 16.7. The minimum Gasteiger partial charge on any atom is -0.334 e. The normalized spacial score (nSPS) is 24.6. The van der Waals surface area contributed by atoms with Crippen LogP contribution in [0, 0.1) is 0 Å². The molecular weight excluding hydrogens is 400 g/mol. The monoisotopic (exact) mass is 420 g/mol. The molecule has 3 aliphatic rings. The fraction of sp³-hybridized carbons (Fsp3) is 0.421. The first-order valence-electron chi connectivity index (χ1n) is 9.34. The number of rotatable bonds is 4. The summed E-state index contributed by atoms with van der Waals surface area (Å²) < 4.78 is 51.1. The Morgan fingerprint density at radius 2 is 1.71 bits per heavy atom. The van der Waals surface area contributed by atoms with Crippen LogP contribution in [0.15, 0.2) is 41.3 Å². The van der Waals surface area contributed by atoms with Gasteiger partial charge in [0.2, 0.25) is 5.91 Å². The Labute approximate surface area is 163 Å². The van der Waals surface area contributed by atoms with Crippen LogP contribution < -0.4 is 4.31 Å². The lowest BCUT2D eigenvalue weighted by Crippen LogP contribution is -2.48. The van der Waals surface area contributed by atoms with Crippen molar-refractivity contribution in [3.63, 3.8) is 0 Å². The van der Waals surface area contributed by atoms with E-state index in [2.05, 4.69) is 0 Å². The number of nitrogens with zero attached hydrogens (tertiary/aromatic N) is 2. The van der Waals surface area contributed by atoms with Crippen molar-refractivity contribution in [3.05, 3.63) is 36.4 Å². The van der Waals surface area contributed by atoms with Crippen molar-refractivity contribution < 1.29 is 21.6 Å². The summed E-state index contributed by atoms with van der Waals surface area (Å²) in [5.41, 5.74) is 0.510. The third-order valence-electron chi connectivity index (χ3n) is 5.79. The summed E-state index contributed by atoms with van der Waals surface area (Å²) in [7, 11) is -6.94. The van der Waals surface area contributed by atoms with Gasteiger partial charge < -0.3 is 4.90 Å². The van der Waals surface area contributed by atoms with Crippen LogP contribution in [0.4, 0.5) is 5.69 Å². The highest BCUT2D eigenvalue weighted by Gasteiger charge is 2.44. The summed E-state index contributed by atoms with van der Waals surface area (Å²) in [6.45, 7) is -0.302. The molecule has 2 heterocycles. The molecule has 1 aliphatic carbocycles. The summed E-state index contributed by atoms with van der Waals surface area (Å²) in [6.07, 6.45) is 2.10. The minimum atomic E-state index is -3.81. The van der Waals surface area contributed by atoms with Gasteiger partial charge in [-0.1, -0.05) is 24.3 Å². The SMILES string of the molecule is O=C(CN1c2cccc3cccc(c23)S1(=O)=O)N(C1CC1)C1CCS(=O)(=O)C1. The average molecular weight is 421 g/mol. The van der Waals surface area contributed by atoms with Crippen molar-refractivity contribution in [2.24, 2.45) is 0 Å². The number of anilines is 1. The first kappa shape index (κ1) is 17.9. The van der Waals surface area contributed by atoms with Crippen LogP contribution >= 0.6 is 0 Å². The first-order chi connectivity index (χ1) is 13.3. The molecule has 0 N–H and O–H groups in total. The lowest BCUT2D eigenvalue weighted by molar-refractivity contribution is -0.132. The third-order valence-corrected chi connectivity index (χ3v) is 9.34. The molecule has 1 saturated heterocycles. The minimum absolute atomic E-state index is 0.0225. The predicted molar refractivity (Wildman–Crippen MR) is 105 cm³/mol. The smallest absolute Gasteiger partial charge is 0.265 e. The molecule has 1 saturated carbocycles. The first-order valence-corrected chi connectivity index (χ1v) is 12.6. The van der Waals surface area contributed by atoms with E-state index in [1.54, 1.807) is 29.2 Å². The highest BCUT2D eigenvalue weighted by atomic mass is 32.2. The Morgan fingerprint density at radius 3 is 2.36 bits per heavy atom. The molecule has 2 aromatic carbocycles. The molecule has 1 atom stereocenters. The van der Waals surface area contributed by atoms with Gasteiger partial charge in [-0.05, 0) is 36.8 Å². The Morgan fingerprint density at radius 1 is 1.00 bits per heavy atom. The molecular formula is C19H20N2O5S2. The van der Waals surface area contributed by atoms with Gasteiger partial charge in [0, 0.05) is 17.5 Å². The molecule has 1 unspecified atom stereocenters. The molecule has 28 heavy (non-hydrogen) atoms. The van der Waals surface area contributed by atoms with Crippen LogP contribution in [0.1, 0.15) is 19.3 Å². The van der Waals surface area contributed by atoms with Gasteiger partial charge in [-0.2, -0.15) is 0 Å². The van der Waals surface area contributed by atoms with E-state index in [9.17, 15) is 21.6 Å². The average Bonchev–Trinajstić information content (AvgIpc) is 3.37. The maximum atomic E-state index is 13.2. The van der Waals surface area contributed by atoms with E-state index >= 15 is 0 Å². The van der Waals surface area contributed by atoms with Crippen LogP contribution in [0.5, 0.6) is 0 Å². The fourth-order valence-corrected chi connectivity index (χ4v) is 7.76. The number of carbonyl (C=O) groups is 1. The van der Waals surface area contributed by atoms with Crippen molar-refractivity contribution in [1.82, 2.24) is 4.90 Å². The van der Waals surface area contributed by atoms with Crippen molar-refractivity contribution >= 4 is 42.2 Å². The Hall–Kier alpha value is -2.13. The summed E-state index contributed by atoms with van der Waals surface area (Å²) in [5.74, 6) is -0.267. The highest BCUT2D eigenvalue weighted by molar-refractivity contribution is 7.93. The second-order valence-electron chi connectivity index (χ2n) is 7.73. The number of carbonyl (C=O) groups excluding carboxylic acids is 1. The second kappa shape index (κ2) is 5.93. The zero-order valence-electron chi connectivity index (χ0n) is 15.1. The molecule has 9 heteroatoms. The van der Waals surface area contributed by atoms with E-state index in [0.29, 0.717) is 17.5 Å². The molecule has 0 spiro atoms. The molecule has 0 bridgehead atoms. The number of sulfonamides is 1. The largest absolute Gasteiger partial charge is 0.334 e. The molecule has 0 aromatic heterocycles. The number of hydrogen-bond acceptors (Lipinski definition) is 5. The molecule has 2 aromatic rings. The summed E-state index contributed by atoms with van der Waals surface area (Å²) >= 11 is 0. The van der Waals surface area contributed by atoms with Gasteiger partial charge in [0.1, 0.15) is 6.54 Å². The molecule has 2 aliphatic heterocycles. The summed E-state index contributed by atoms with van der Waals surface area (Å²) in [5, 5.41) is 1.45.